The third-order valence-corrected chi connectivity index (χ3v) is 5.83. The molecule has 11 heteroatoms. The summed E-state index contributed by atoms with van der Waals surface area (Å²) < 4.78 is 18.0. The zero-order valence-corrected chi connectivity index (χ0v) is 21.0. The molecule has 38 heavy (non-hydrogen) atoms. The molecule has 3 heterocycles. The van der Waals surface area contributed by atoms with Gasteiger partial charge in [0.25, 0.3) is 0 Å². The van der Waals surface area contributed by atoms with Gasteiger partial charge in [-0.05, 0) is 29.8 Å². The molecule has 5 aromatic rings. The smallest absolute Gasteiger partial charge is 0.228 e. The van der Waals surface area contributed by atoms with Crippen molar-refractivity contribution in [3.05, 3.63) is 78.9 Å². The minimum Gasteiger partial charge on any atom is -0.493 e. The SMILES string of the molecule is COc1cc(NC(=O)Cc2cn(-c3ccc(Nc4ccncn4)nn3)c3ccccc23)cc(OC)c1OC. The third kappa shape index (κ3) is 5.03. The van der Waals surface area contributed by atoms with E-state index in [-0.39, 0.29) is 12.3 Å². The quantitative estimate of drug-likeness (QED) is 0.300. The molecule has 0 saturated heterocycles. The first-order chi connectivity index (χ1) is 18.6. The minimum absolute atomic E-state index is 0.144. The molecule has 2 aromatic carbocycles. The average Bonchev–Trinajstić information content (AvgIpc) is 3.31. The summed E-state index contributed by atoms with van der Waals surface area (Å²) in [7, 11) is 4.58. The molecule has 0 spiro atoms. The van der Waals surface area contributed by atoms with Crippen LogP contribution in [0.3, 0.4) is 0 Å². The fourth-order valence-electron chi connectivity index (χ4n) is 4.13. The van der Waals surface area contributed by atoms with Gasteiger partial charge in [0, 0.05) is 35.6 Å². The lowest BCUT2D eigenvalue weighted by molar-refractivity contribution is -0.115. The summed E-state index contributed by atoms with van der Waals surface area (Å²) in [5.74, 6) is 2.95. The second-order valence-corrected chi connectivity index (χ2v) is 8.18. The van der Waals surface area contributed by atoms with Crippen molar-refractivity contribution in [2.75, 3.05) is 32.0 Å². The topological polar surface area (TPSA) is 125 Å². The van der Waals surface area contributed by atoms with E-state index < -0.39 is 0 Å². The van der Waals surface area contributed by atoms with E-state index in [4.69, 9.17) is 14.2 Å². The molecule has 0 fully saturated rings. The fourth-order valence-corrected chi connectivity index (χ4v) is 4.13. The van der Waals surface area contributed by atoms with Crippen LogP contribution in [-0.4, -0.2) is 52.0 Å². The van der Waals surface area contributed by atoms with Gasteiger partial charge in [-0.25, -0.2) is 9.97 Å². The number of rotatable bonds is 9. The van der Waals surface area contributed by atoms with Gasteiger partial charge in [0.1, 0.15) is 12.1 Å². The Morgan fingerprint density at radius 3 is 2.37 bits per heavy atom. The second kappa shape index (κ2) is 10.8. The zero-order valence-electron chi connectivity index (χ0n) is 21.0. The largest absolute Gasteiger partial charge is 0.493 e. The first-order valence-corrected chi connectivity index (χ1v) is 11.7. The summed E-state index contributed by atoms with van der Waals surface area (Å²) in [5.41, 5.74) is 2.29. The summed E-state index contributed by atoms with van der Waals surface area (Å²) in [6, 6.07) is 16.6. The normalized spacial score (nSPS) is 10.7. The van der Waals surface area contributed by atoms with Crippen LogP contribution in [0, 0.1) is 0 Å². The molecule has 0 aliphatic heterocycles. The van der Waals surface area contributed by atoms with Crippen LogP contribution in [0.1, 0.15) is 5.56 Å². The molecule has 5 rings (SSSR count). The van der Waals surface area contributed by atoms with Crippen molar-refractivity contribution in [2.45, 2.75) is 6.42 Å². The number of nitrogens with zero attached hydrogens (tertiary/aromatic N) is 5. The van der Waals surface area contributed by atoms with E-state index in [1.165, 1.54) is 27.7 Å². The number of hydrogen-bond donors (Lipinski definition) is 2. The van der Waals surface area contributed by atoms with Crippen molar-refractivity contribution < 1.29 is 19.0 Å². The molecule has 11 nitrogen and oxygen atoms in total. The van der Waals surface area contributed by atoms with Gasteiger partial charge >= 0.3 is 0 Å². The van der Waals surface area contributed by atoms with Crippen molar-refractivity contribution >= 4 is 34.1 Å². The summed E-state index contributed by atoms with van der Waals surface area (Å²) in [6.45, 7) is 0. The highest BCUT2D eigenvalue weighted by Gasteiger charge is 2.17. The van der Waals surface area contributed by atoms with Crippen LogP contribution in [0.4, 0.5) is 17.3 Å². The highest BCUT2D eigenvalue weighted by Crippen LogP contribution is 2.40. The van der Waals surface area contributed by atoms with Gasteiger partial charge in [-0.1, -0.05) is 18.2 Å². The van der Waals surface area contributed by atoms with Crippen LogP contribution >= 0.6 is 0 Å². The monoisotopic (exact) mass is 511 g/mol. The summed E-state index contributed by atoms with van der Waals surface area (Å²) in [6.07, 6.45) is 5.14. The maximum Gasteiger partial charge on any atom is 0.228 e. The van der Waals surface area contributed by atoms with Crippen LogP contribution in [0.5, 0.6) is 17.2 Å². The molecule has 0 saturated carbocycles. The standard InChI is InChI=1S/C27H25N7O4/c1-36-21-13-18(14-22(37-2)27(21)38-3)30-26(35)12-17-15-34(20-7-5-4-6-19(17)20)25-9-8-24(32-33-25)31-23-10-11-28-16-29-23/h4-11,13-16H,12H2,1-3H3,(H,30,35)(H,28,29,31,32). The number of carbonyl (C=O) groups excluding carboxylic acids is 1. The third-order valence-electron chi connectivity index (χ3n) is 5.83. The average molecular weight is 512 g/mol. The zero-order chi connectivity index (χ0) is 26.5. The molecular formula is C27H25N7O4. The van der Waals surface area contributed by atoms with Gasteiger partial charge in [0.15, 0.2) is 23.1 Å². The molecule has 3 aromatic heterocycles. The van der Waals surface area contributed by atoms with Gasteiger partial charge in [-0.15, -0.1) is 10.2 Å². The molecule has 2 N–H and O–H groups in total. The van der Waals surface area contributed by atoms with Gasteiger partial charge < -0.3 is 24.8 Å². The van der Waals surface area contributed by atoms with E-state index >= 15 is 0 Å². The number of para-hydroxylation sites is 1. The molecule has 1 amide bonds. The molecule has 0 radical (unpaired) electrons. The van der Waals surface area contributed by atoms with Crippen LogP contribution in [0.25, 0.3) is 16.7 Å². The van der Waals surface area contributed by atoms with E-state index in [0.29, 0.717) is 40.4 Å². The number of methoxy groups -OCH3 is 3. The highest BCUT2D eigenvalue weighted by atomic mass is 16.5. The van der Waals surface area contributed by atoms with Crippen LogP contribution in [0.2, 0.25) is 0 Å². The predicted molar refractivity (Wildman–Crippen MR) is 143 cm³/mol. The van der Waals surface area contributed by atoms with Crippen molar-refractivity contribution in [1.29, 1.82) is 0 Å². The lowest BCUT2D eigenvalue weighted by Gasteiger charge is -2.14. The lowest BCUT2D eigenvalue weighted by Crippen LogP contribution is -2.14. The Labute approximate surface area is 218 Å². The Hall–Kier alpha value is -5.19. The highest BCUT2D eigenvalue weighted by molar-refractivity contribution is 5.96. The Kier molecular flexibility index (Phi) is 6.98. The van der Waals surface area contributed by atoms with Gasteiger partial charge in [0.2, 0.25) is 11.7 Å². The van der Waals surface area contributed by atoms with Crippen molar-refractivity contribution in [2.24, 2.45) is 0 Å². The maximum atomic E-state index is 13.1. The number of benzene rings is 2. The number of aromatic nitrogens is 5. The Morgan fingerprint density at radius 2 is 1.71 bits per heavy atom. The second-order valence-electron chi connectivity index (χ2n) is 8.18. The predicted octanol–water partition coefficient (Wildman–Crippen LogP) is 4.16. The van der Waals surface area contributed by atoms with Crippen LogP contribution in [0.15, 0.2) is 73.3 Å². The molecule has 192 valence electrons. The number of hydrogen-bond acceptors (Lipinski definition) is 9. The Balaban J connectivity index is 1.38. The van der Waals surface area contributed by atoms with Crippen molar-refractivity contribution in [3.8, 4) is 23.1 Å². The summed E-state index contributed by atoms with van der Waals surface area (Å²) >= 11 is 0. The summed E-state index contributed by atoms with van der Waals surface area (Å²) in [5, 5.41) is 15.6. The number of anilines is 3. The molecule has 0 bridgehead atoms. The van der Waals surface area contributed by atoms with Gasteiger partial charge in [-0.2, -0.15) is 0 Å². The Bertz CT molecular complexity index is 1550. The first kappa shape index (κ1) is 24.5. The van der Waals surface area contributed by atoms with E-state index in [9.17, 15) is 4.79 Å². The first-order valence-electron chi connectivity index (χ1n) is 11.7. The number of amides is 1. The number of ether oxygens (including phenoxy) is 3. The fraction of sp³-hybridized carbons (Fsp3) is 0.148. The van der Waals surface area contributed by atoms with E-state index in [1.807, 2.05) is 47.2 Å². The molecule has 0 aliphatic carbocycles. The van der Waals surface area contributed by atoms with E-state index in [1.54, 1.807) is 24.4 Å². The van der Waals surface area contributed by atoms with E-state index in [2.05, 4.69) is 30.8 Å². The molecular weight excluding hydrogens is 486 g/mol. The number of nitrogens with one attached hydrogen (secondary N) is 2. The molecule has 0 atom stereocenters. The molecule has 0 aliphatic rings. The van der Waals surface area contributed by atoms with Crippen LogP contribution < -0.4 is 24.8 Å². The Morgan fingerprint density at radius 1 is 0.921 bits per heavy atom. The maximum absolute atomic E-state index is 13.1. The van der Waals surface area contributed by atoms with Gasteiger partial charge in [-0.3, -0.25) is 9.36 Å². The van der Waals surface area contributed by atoms with Crippen molar-refractivity contribution in [3.63, 3.8) is 0 Å². The molecule has 0 unspecified atom stereocenters. The summed E-state index contributed by atoms with van der Waals surface area (Å²) in [4.78, 5) is 21.1. The van der Waals surface area contributed by atoms with Crippen molar-refractivity contribution in [1.82, 2.24) is 24.7 Å². The van der Waals surface area contributed by atoms with E-state index in [0.717, 1.165) is 16.5 Å². The minimum atomic E-state index is -0.197. The lowest BCUT2D eigenvalue weighted by atomic mass is 10.1. The van der Waals surface area contributed by atoms with Crippen LogP contribution in [-0.2, 0) is 11.2 Å². The van der Waals surface area contributed by atoms with Gasteiger partial charge in [0.05, 0.1) is 33.3 Å². The number of carbonyl (C=O) groups is 1. The number of fused-ring (bicyclic) bond motifs is 1.